The molecule has 0 saturated carbocycles. The number of ketones is 1. The minimum Gasteiger partial charge on any atom is -0.465 e. The van der Waals surface area contributed by atoms with Crippen LogP contribution in [0.4, 0.5) is 5.69 Å². The van der Waals surface area contributed by atoms with Crippen molar-refractivity contribution >= 4 is 44.4 Å². The highest BCUT2D eigenvalue weighted by atomic mass is 79.9. The third-order valence-electron chi connectivity index (χ3n) is 3.95. The van der Waals surface area contributed by atoms with Crippen molar-refractivity contribution in [2.75, 3.05) is 12.8 Å². The number of aromatic nitrogens is 2. The van der Waals surface area contributed by atoms with E-state index in [-0.39, 0.29) is 22.7 Å². The van der Waals surface area contributed by atoms with Crippen molar-refractivity contribution in [3.05, 3.63) is 62.5 Å². The van der Waals surface area contributed by atoms with Crippen molar-refractivity contribution in [3.8, 4) is 5.69 Å². The van der Waals surface area contributed by atoms with Crippen LogP contribution in [0, 0.1) is 0 Å². The molecule has 2 heterocycles. The summed E-state index contributed by atoms with van der Waals surface area (Å²) in [4.78, 5) is 40.9. The third-order valence-corrected chi connectivity index (χ3v) is 4.39. The quantitative estimate of drug-likeness (QED) is 0.400. The van der Waals surface area contributed by atoms with Crippen LogP contribution in [0.15, 0.2) is 45.8 Å². The van der Waals surface area contributed by atoms with Gasteiger partial charge in [-0.15, -0.1) is 0 Å². The number of hydrogen-bond donors (Lipinski definition) is 1. The number of carbonyl (C=O) groups is 2. The summed E-state index contributed by atoms with van der Waals surface area (Å²) in [7, 11) is 1.18. The molecule has 3 aromatic rings. The van der Waals surface area contributed by atoms with E-state index in [1.54, 1.807) is 36.4 Å². The van der Waals surface area contributed by atoms with E-state index in [2.05, 4.69) is 20.9 Å². The molecule has 26 heavy (non-hydrogen) atoms. The average Bonchev–Trinajstić information content (AvgIpc) is 2.61. The van der Waals surface area contributed by atoms with Crippen LogP contribution < -0.4 is 11.3 Å². The monoisotopic (exact) mass is 415 g/mol. The third kappa shape index (κ3) is 2.88. The summed E-state index contributed by atoms with van der Waals surface area (Å²) < 4.78 is 6.48. The maximum atomic E-state index is 13.0. The van der Waals surface area contributed by atoms with Crippen molar-refractivity contribution in [1.29, 1.82) is 0 Å². The molecule has 0 aliphatic heterocycles. The van der Waals surface area contributed by atoms with Gasteiger partial charge in [-0.2, -0.15) is 0 Å². The van der Waals surface area contributed by atoms with Crippen LogP contribution in [0.1, 0.15) is 27.6 Å². The van der Waals surface area contributed by atoms with Gasteiger partial charge in [0, 0.05) is 10.9 Å². The molecule has 0 fully saturated rings. The van der Waals surface area contributed by atoms with Crippen molar-refractivity contribution in [3.63, 3.8) is 0 Å². The Balaban J connectivity index is 2.42. The zero-order chi connectivity index (χ0) is 19.0. The Morgan fingerprint density at radius 3 is 2.38 bits per heavy atom. The number of ether oxygens (including phenoxy) is 1. The zero-order valence-electron chi connectivity index (χ0n) is 13.9. The number of halogens is 1. The van der Waals surface area contributed by atoms with Gasteiger partial charge in [0.15, 0.2) is 11.4 Å². The van der Waals surface area contributed by atoms with Gasteiger partial charge in [-0.1, -0.05) is 0 Å². The minimum absolute atomic E-state index is 0.00783. The number of esters is 1. The number of fused-ring (bicyclic) bond motifs is 1. The Morgan fingerprint density at radius 1 is 1.15 bits per heavy atom. The van der Waals surface area contributed by atoms with Crippen LogP contribution in [0.5, 0.6) is 0 Å². The van der Waals surface area contributed by atoms with E-state index in [0.717, 1.165) is 0 Å². The molecule has 132 valence electrons. The molecule has 0 amide bonds. The van der Waals surface area contributed by atoms with Crippen molar-refractivity contribution < 1.29 is 14.3 Å². The number of rotatable bonds is 3. The largest absolute Gasteiger partial charge is 0.465 e. The standard InChI is InChI=1S/C18H14BrN3O4/c1-9(23)10-3-5-11(6-4-10)22-16-12(7-8-13(19)21-16)15(20)14(17(22)24)18(25)26-2/h3-8H,20H2,1-2H3. The molecule has 1 aromatic carbocycles. The van der Waals surface area contributed by atoms with Crippen molar-refractivity contribution in [2.45, 2.75) is 6.92 Å². The van der Waals surface area contributed by atoms with Gasteiger partial charge < -0.3 is 10.5 Å². The van der Waals surface area contributed by atoms with Crippen molar-refractivity contribution in [1.82, 2.24) is 9.55 Å². The van der Waals surface area contributed by atoms with Gasteiger partial charge in [-0.25, -0.2) is 9.78 Å². The first-order chi connectivity index (χ1) is 12.3. The van der Waals surface area contributed by atoms with Gasteiger partial charge in [0.05, 0.1) is 18.5 Å². The van der Waals surface area contributed by atoms with Crippen LogP contribution in [0.25, 0.3) is 16.7 Å². The molecule has 0 atom stereocenters. The number of nitrogens with two attached hydrogens (primary N) is 1. The van der Waals surface area contributed by atoms with Gasteiger partial charge in [0.2, 0.25) is 0 Å². The summed E-state index contributed by atoms with van der Waals surface area (Å²) in [6.07, 6.45) is 0. The van der Waals surface area contributed by atoms with E-state index in [4.69, 9.17) is 10.5 Å². The van der Waals surface area contributed by atoms with E-state index < -0.39 is 11.5 Å². The van der Waals surface area contributed by atoms with Gasteiger partial charge in [0.1, 0.15) is 10.2 Å². The summed E-state index contributed by atoms with van der Waals surface area (Å²) in [5, 5.41) is 0.434. The van der Waals surface area contributed by atoms with Crippen LogP contribution in [-0.2, 0) is 4.74 Å². The number of nitrogen functional groups attached to an aromatic ring is 1. The Hall–Kier alpha value is -3.00. The lowest BCUT2D eigenvalue weighted by molar-refractivity contribution is 0.0599. The Labute approximate surface area is 156 Å². The fraction of sp³-hybridized carbons (Fsp3) is 0.111. The summed E-state index contributed by atoms with van der Waals surface area (Å²) in [6.45, 7) is 1.45. The van der Waals surface area contributed by atoms with Gasteiger partial charge in [-0.3, -0.25) is 14.2 Å². The second-order valence-electron chi connectivity index (χ2n) is 5.53. The second-order valence-corrected chi connectivity index (χ2v) is 6.34. The Bertz CT molecular complexity index is 1100. The summed E-state index contributed by atoms with van der Waals surface area (Å²) in [6, 6.07) is 9.74. The molecular formula is C18H14BrN3O4. The average molecular weight is 416 g/mol. The van der Waals surface area contributed by atoms with Crippen LogP contribution in [0.3, 0.4) is 0 Å². The molecule has 2 N–H and O–H groups in total. The fourth-order valence-corrected chi connectivity index (χ4v) is 2.95. The summed E-state index contributed by atoms with van der Waals surface area (Å²) in [5.41, 5.74) is 6.37. The summed E-state index contributed by atoms with van der Waals surface area (Å²) >= 11 is 3.28. The number of anilines is 1. The molecule has 2 aromatic heterocycles. The molecule has 0 aliphatic rings. The highest BCUT2D eigenvalue weighted by Gasteiger charge is 2.23. The van der Waals surface area contributed by atoms with Crippen molar-refractivity contribution in [2.24, 2.45) is 0 Å². The molecule has 0 aliphatic carbocycles. The van der Waals surface area contributed by atoms with Gasteiger partial charge in [0.25, 0.3) is 5.56 Å². The van der Waals surface area contributed by atoms with Crippen LogP contribution in [0.2, 0.25) is 0 Å². The van der Waals surface area contributed by atoms with E-state index >= 15 is 0 Å². The van der Waals surface area contributed by atoms with E-state index in [1.807, 2.05) is 0 Å². The highest BCUT2D eigenvalue weighted by Crippen LogP contribution is 2.25. The SMILES string of the molecule is COC(=O)c1c(N)c2ccc(Br)nc2n(-c2ccc(C(C)=O)cc2)c1=O. The van der Waals surface area contributed by atoms with Gasteiger partial charge in [-0.05, 0) is 59.3 Å². The summed E-state index contributed by atoms with van der Waals surface area (Å²) in [5.74, 6) is -0.923. The smallest absolute Gasteiger partial charge is 0.345 e. The number of nitrogens with zero attached hydrogens (tertiary/aromatic N) is 2. The lowest BCUT2D eigenvalue weighted by atomic mass is 10.1. The first kappa shape index (κ1) is 17.8. The molecular weight excluding hydrogens is 402 g/mol. The molecule has 8 heteroatoms. The Kier molecular flexibility index (Phi) is 4.60. The number of hydrogen-bond acceptors (Lipinski definition) is 6. The molecule has 7 nitrogen and oxygen atoms in total. The number of pyridine rings is 2. The number of carbonyl (C=O) groups excluding carboxylic acids is 2. The zero-order valence-corrected chi connectivity index (χ0v) is 15.5. The maximum absolute atomic E-state index is 13.0. The molecule has 0 spiro atoms. The maximum Gasteiger partial charge on any atom is 0.345 e. The molecule has 3 rings (SSSR count). The highest BCUT2D eigenvalue weighted by molar-refractivity contribution is 9.10. The minimum atomic E-state index is -0.827. The van der Waals surface area contributed by atoms with E-state index in [9.17, 15) is 14.4 Å². The lowest BCUT2D eigenvalue weighted by Crippen LogP contribution is -2.28. The second kappa shape index (κ2) is 6.72. The first-order valence-corrected chi connectivity index (χ1v) is 8.35. The molecule has 0 radical (unpaired) electrons. The Morgan fingerprint density at radius 2 is 1.81 bits per heavy atom. The number of methoxy groups -OCH3 is 1. The molecule has 0 saturated heterocycles. The van der Waals surface area contributed by atoms with Gasteiger partial charge >= 0.3 is 5.97 Å². The van der Waals surface area contributed by atoms with Crippen LogP contribution >= 0.6 is 15.9 Å². The van der Waals surface area contributed by atoms with E-state index in [0.29, 0.717) is 21.2 Å². The number of Topliss-reactive ketones (excluding diaryl/α,β-unsaturated/α-hetero) is 1. The van der Waals surface area contributed by atoms with E-state index in [1.165, 1.54) is 18.6 Å². The fourth-order valence-electron chi connectivity index (χ4n) is 2.65. The molecule has 0 unspecified atom stereocenters. The van der Waals surface area contributed by atoms with Crippen LogP contribution in [-0.4, -0.2) is 28.4 Å². The molecule has 0 bridgehead atoms. The first-order valence-electron chi connectivity index (χ1n) is 7.55. The normalized spacial score (nSPS) is 10.7. The lowest BCUT2D eigenvalue weighted by Gasteiger charge is -2.14. The topological polar surface area (TPSA) is 104 Å². The number of benzene rings is 1. The predicted molar refractivity (Wildman–Crippen MR) is 101 cm³/mol. The predicted octanol–water partition coefficient (Wildman–Crippen LogP) is 2.72.